The molecule has 3 nitrogen and oxygen atoms in total. The number of halogens is 1. The summed E-state index contributed by atoms with van der Waals surface area (Å²) in [6.45, 7) is 6.09. The van der Waals surface area contributed by atoms with Gasteiger partial charge in [0.15, 0.2) is 4.96 Å². The number of thiophene rings is 1. The monoisotopic (exact) mass is 369 g/mol. The Morgan fingerprint density at radius 3 is 2.95 bits per heavy atom. The Kier molecular flexibility index (Phi) is 4.26. The topological polar surface area (TPSA) is 29.3 Å². The minimum absolute atomic E-state index is 0.872. The van der Waals surface area contributed by atoms with Crippen molar-refractivity contribution in [3.05, 3.63) is 43.3 Å². The van der Waals surface area contributed by atoms with Crippen molar-refractivity contribution in [1.82, 2.24) is 14.7 Å². The number of thiazole rings is 1. The van der Waals surface area contributed by atoms with Crippen LogP contribution in [0.3, 0.4) is 0 Å². The summed E-state index contributed by atoms with van der Waals surface area (Å²) in [5, 5.41) is 5.69. The molecular formula is C14H16BrN3S2. The number of imidazole rings is 1. The third kappa shape index (κ3) is 2.83. The summed E-state index contributed by atoms with van der Waals surface area (Å²) in [7, 11) is 0. The van der Waals surface area contributed by atoms with Gasteiger partial charge in [-0.05, 0) is 48.3 Å². The first-order valence-corrected chi connectivity index (χ1v) is 9.01. The van der Waals surface area contributed by atoms with E-state index >= 15 is 0 Å². The summed E-state index contributed by atoms with van der Waals surface area (Å²) in [5.74, 6) is 0. The highest BCUT2D eigenvalue weighted by atomic mass is 79.9. The molecule has 0 aliphatic rings. The lowest BCUT2D eigenvalue weighted by Gasteiger charge is -2.05. The molecule has 0 aliphatic carbocycles. The predicted octanol–water partition coefficient (Wildman–Crippen LogP) is 4.17. The molecule has 106 valence electrons. The fraction of sp³-hybridized carbons (Fsp3) is 0.357. The molecular weight excluding hydrogens is 354 g/mol. The molecule has 20 heavy (non-hydrogen) atoms. The smallest absolute Gasteiger partial charge is 0.194 e. The fourth-order valence-corrected chi connectivity index (χ4v) is 4.69. The molecule has 6 heteroatoms. The van der Waals surface area contributed by atoms with Crippen LogP contribution in [-0.4, -0.2) is 15.9 Å². The van der Waals surface area contributed by atoms with E-state index in [0.717, 1.165) is 30.2 Å². The second kappa shape index (κ2) is 5.97. The van der Waals surface area contributed by atoms with Crippen LogP contribution in [0.25, 0.3) is 4.96 Å². The van der Waals surface area contributed by atoms with Gasteiger partial charge < -0.3 is 5.32 Å². The summed E-state index contributed by atoms with van der Waals surface area (Å²) >= 11 is 7.01. The SMILES string of the molecule is Cc1nc2scc(C)n2c1CNCCc1ccc(Br)s1. The lowest BCUT2D eigenvalue weighted by atomic mass is 10.3. The summed E-state index contributed by atoms with van der Waals surface area (Å²) < 4.78 is 3.46. The van der Waals surface area contributed by atoms with Crippen molar-refractivity contribution in [3.63, 3.8) is 0 Å². The van der Waals surface area contributed by atoms with Crippen LogP contribution in [0.1, 0.15) is 22.0 Å². The number of nitrogens with zero attached hydrogens (tertiary/aromatic N) is 2. The van der Waals surface area contributed by atoms with Crippen molar-refractivity contribution in [2.24, 2.45) is 0 Å². The van der Waals surface area contributed by atoms with Crippen LogP contribution in [0.2, 0.25) is 0 Å². The molecule has 0 saturated carbocycles. The first kappa shape index (κ1) is 14.3. The lowest BCUT2D eigenvalue weighted by molar-refractivity contribution is 0.670. The standard InChI is InChI=1S/C14H16BrN3S2/c1-9-8-19-14-17-10(2)12(18(9)14)7-16-6-5-11-3-4-13(15)20-11/h3-4,8,16H,5-7H2,1-2H3. The molecule has 3 aromatic heterocycles. The highest BCUT2D eigenvalue weighted by Crippen LogP contribution is 2.22. The van der Waals surface area contributed by atoms with E-state index in [-0.39, 0.29) is 0 Å². The highest BCUT2D eigenvalue weighted by Gasteiger charge is 2.11. The molecule has 0 radical (unpaired) electrons. The highest BCUT2D eigenvalue weighted by molar-refractivity contribution is 9.11. The maximum Gasteiger partial charge on any atom is 0.194 e. The number of nitrogens with one attached hydrogen (secondary N) is 1. The molecule has 0 fully saturated rings. The molecule has 0 unspecified atom stereocenters. The van der Waals surface area contributed by atoms with E-state index in [9.17, 15) is 0 Å². The van der Waals surface area contributed by atoms with Gasteiger partial charge in [0.05, 0.1) is 15.2 Å². The van der Waals surface area contributed by atoms with E-state index < -0.39 is 0 Å². The normalized spacial score (nSPS) is 11.6. The van der Waals surface area contributed by atoms with Gasteiger partial charge in [-0.3, -0.25) is 4.40 Å². The van der Waals surface area contributed by atoms with E-state index in [1.807, 2.05) is 0 Å². The average molecular weight is 370 g/mol. The number of fused-ring (bicyclic) bond motifs is 1. The Bertz CT molecular complexity index is 726. The summed E-state index contributed by atoms with van der Waals surface area (Å²) in [6, 6.07) is 4.29. The number of aromatic nitrogens is 2. The van der Waals surface area contributed by atoms with Gasteiger partial charge in [0, 0.05) is 29.0 Å². The van der Waals surface area contributed by atoms with Crippen LogP contribution in [0, 0.1) is 13.8 Å². The van der Waals surface area contributed by atoms with Crippen LogP contribution in [0.5, 0.6) is 0 Å². The lowest BCUT2D eigenvalue weighted by Crippen LogP contribution is -2.18. The van der Waals surface area contributed by atoms with Crippen molar-refractivity contribution in [2.75, 3.05) is 6.54 Å². The van der Waals surface area contributed by atoms with E-state index in [0.29, 0.717) is 0 Å². The predicted molar refractivity (Wildman–Crippen MR) is 90.0 cm³/mol. The quantitative estimate of drug-likeness (QED) is 0.683. The second-order valence-electron chi connectivity index (χ2n) is 4.77. The Morgan fingerprint density at radius 1 is 1.35 bits per heavy atom. The van der Waals surface area contributed by atoms with Crippen LogP contribution >= 0.6 is 38.6 Å². The number of hydrogen-bond donors (Lipinski definition) is 1. The maximum atomic E-state index is 4.61. The van der Waals surface area contributed by atoms with E-state index in [4.69, 9.17) is 0 Å². The molecule has 0 atom stereocenters. The third-order valence-electron chi connectivity index (χ3n) is 3.30. The van der Waals surface area contributed by atoms with Crippen molar-refractivity contribution in [1.29, 1.82) is 0 Å². The fourth-order valence-electron chi connectivity index (χ4n) is 2.28. The van der Waals surface area contributed by atoms with Gasteiger partial charge in [-0.1, -0.05) is 0 Å². The van der Waals surface area contributed by atoms with Gasteiger partial charge in [0.25, 0.3) is 0 Å². The van der Waals surface area contributed by atoms with Crippen molar-refractivity contribution >= 4 is 43.6 Å². The van der Waals surface area contributed by atoms with Crippen LogP contribution in [0.4, 0.5) is 0 Å². The molecule has 0 bridgehead atoms. The molecule has 0 saturated heterocycles. The number of hydrogen-bond acceptors (Lipinski definition) is 4. The van der Waals surface area contributed by atoms with Crippen LogP contribution in [-0.2, 0) is 13.0 Å². The summed E-state index contributed by atoms with van der Waals surface area (Å²) in [5.41, 5.74) is 3.68. The van der Waals surface area contributed by atoms with E-state index in [2.05, 4.69) is 62.0 Å². The Hall–Kier alpha value is -0.690. The van der Waals surface area contributed by atoms with Gasteiger partial charge in [0.1, 0.15) is 0 Å². The second-order valence-corrected chi connectivity index (χ2v) is 8.16. The molecule has 3 rings (SSSR count). The zero-order valence-electron chi connectivity index (χ0n) is 11.4. The van der Waals surface area contributed by atoms with Gasteiger partial charge in [0.2, 0.25) is 0 Å². The van der Waals surface area contributed by atoms with Crippen LogP contribution in [0.15, 0.2) is 21.3 Å². The molecule has 3 heterocycles. The largest absolute Gasteiger partial charge is 0.311 e. The summed E-state index contributed by atoms with van der Waals surface area (Å²) in [6.07, 6.45) is 1.07. The molecule has 3 aromatic rings. The van der Waals surface area contributed by atoms with Gasteiger partial charge in [-0.25, -0.2) is 4.98 Å². The maximum absolute atomic E-state index is 4.61. The number of rotatable bonds is 5. The first-order chi connectivity index (χ1) is 9.65. The zero-order chi connectivity index (χ0) is 14.1. The van der Waals surface area contributed by atoms with Gasteiger partial charge in [-0.15, -0.1) is 22.7 Å². The third-order valence-corrected chi connectivity index (χ3v) is 5.93. The molecule has 0 spiro atoms. The Labute approximate surface area is 134 Å². The minimum Gasteiger partial charge on any atom is -0.311 e. The van der Waals surface area contributed by atoms with Crippen molar-refractivity contribution in [3.8, 4) is 0 Å². The van der Waals surface area contributed by atoms with E-state index in [1.165, 1.54) is 20.1 Å². The molecule has 0 aromatic carbocycles. The average Bonchev–Trinajstić information content (AvgIpc) is 3.05. The summed E-state index contributed by atoms with van der Waals surface area (Å²) in [4.78, 5) is 7.12. The zero-order valence-corrected chi connectivity index (χ0v) is 14.7. The van der Waals surface area contributed by atoms with E-state index in [1.54, 1.807) is 22.7 Å². The Morgan fingerprint density at radius 2 is 2.20 bits per heavy atom. The van der Waals surface area contributed by atoms with Crippen LogP contribution < -0.4 is 5.32 Å². The first-order valence-electron chi connectivity index (χ1n) is 6.52. The number of aryl methyl sites for hydroxylation is 2. The Balaban J connectivity index is 1.62. The molecule has 0 amide bonds. The van der Waals surface area contributed by atoms with Gasteiger partial charge in [-0.2, -0.15) is 0 Å². The van der Waals surface area contributed by atoms with Gasteiger partial charge >= 0.3 is 0 Å². The minimum atomic E-state index is 0.872. The molecule has 0 aliphatic heterocycles. The van der Waals surface area contributed by atoms with Crippen molar-refractivity contribution in [2.45, 2.75) is 26.8 Å². The molecule has 1 N–H and O–H groups in total. The van der Waals surface area contributed by atoms with Crippen molar-refractivity contribution < 1.29 is 0 Å².